The van der Waals surface area contributed by atoms with Gasteiger partial charge in [-0.2, -0.15) is 0 Å². The molecule has 31 heavy (non-hydrogen) atoms. The van der Waals surface area contributed by atoms with Crippen LogP contribution in [0.1, 0.15) is 24.0 Å². The predicted octanol–water partition coefficient (Wildman–Crippen LogP) is 4.36. The summed E-state index contributed by atoms with van der Waals surface area (Å²) in [6, 6.07) is 12.1. The van der Waals surface area contributed by atoms with Crippen molar-refractivity contribution in [1.82, 2.24) is 4.98 Å². The van der Waals surface area contributed by atoms with Gasteiger partial charge in [0.25, 0.3) is 6.47 Å². The molecule has 7 nitrogen and oxygen atoms in total. The van der Waals surface area contributed by atoms with Gasteiger partial charge < -0.3 is 19.5 Å². The van der Waals surface area contributed by atoms with Crippen molar-refractivity contribution in [3.05, 3.63) is 47.5 Å². The van der Waals surface area contributed by atoms with Crippen molar-refractivity contribution in [3.63, 3.8) is 0 Å². The average molecular weight is 422 g/mol. The summed E-state index contributed by atoms with van der Waals surface area (Å²) in [5, 5.41) is 7.98. The van der Waals surface area contributed by atoms with Gasteiger partial charge in [-0.1, -0.05) is 6.07 Å². The Morgan fingerprint density at radius 3 is 2.45 bits per heavy atom. The van der Waals surface area contributed by atoms with Crippen LogP contribution >= 0.6 is 0 Å². The van der Waals surface area contributed by atoms with Crippen LogP contribution in [0.5, 0.6) is 11.5 Å². The number of hydrogen-bond donors (Lipinski definition) is 1. The Hall–Kier alpha value is -3.61. The number of carbonyl (C=O) groups excluding carboxylic acids is 1. The van der Waals surface area contributed by atoms with E-state index in [0.29, 0.717) is 6.42 Å². The first-order valence-electron chi connectivity index (χ1n) is 9.96. The van der Waals surface area contributed by atoms with E-state index in [0.717, 1.165) is 63.4 Å². The summed E-state index contributed by atoms with van der Waals surface area (Å²) < 4.78 is 11.1. The summed E-state index contributed by atoms with van der Waals surface area (Å²) in [5.74, 6) is 1.73. The zero-order chi connectivity index (χ0) is 22.5. The van der Waals surface area contributed by atoms with E-state index in [1.807, 2.05) is 36.1 Å². The van der Waals surface area contributed by atoms with Crippen LogP contribution in [-0.4, -0.2) is 43.2 Å². The monoisotopic (exact) mass is 422 g/mol. The molecule has 1 saturated heterocycles. The number of benzene rings is 2. The zero-order valence-corrected chi connectivity index (χ0v) is 18.1. The normalized spacial score (nSPS) is 13.0. The molecule has 2 aromatic carbocycles. The Kier molecular flexibility index (Phi) is 6.74. The number of pyridine rings is 1. The first kappa shape index (κ1) is 22.1. The highest BCUT2D eigenvalue weighted by Gasteiger charge is 2.22. The first-order chi connectivity index (χ1) is 14.9. The minimum atomic E-state index is -0.250. The lowest BCUT2D eigenvalue weighted by molar-refractivity contribution is -0.123. The van der Waals surface area contributed by atoms with Gasteiger partial charge in [-0.15, -0.1) is 0 Å². The predicted molar refractivity (Wildman–Crippen MR) is 120 cm³/mol. The van der Waals surface area contributed by atoms with E-state index in [4.69, 9.17) is 24.4 Å². The summed E-state index contributed by atoms with van der Waals surface area (Å²) in [6.07, 6.45) is 1.53. The molecule has 0 aliphatic carbocycles. The lowest BCUT2D eigenvalue weighted by Gasteiger charge is -2.18. The zero-order valence-electron chi connectivity index (χ0n) is 18.1. The number of carboxylic acid groups (broad SMARTS) is 1. The standard InChI is InChI=1S/C23H24N2O3.CH2O2/c1-14-12-19(18-9-10-21(27-3)15(2)23(18)28-4)24-20-13-16(7-8-17(14)20)25-11-5-6-22(25)26;2-1-3/h7-10,12-13H,5-6,11H2,1-4H3;1H,(H,2,3). The van der Waals surface area contributed by atoms with Gasteiger partial charge in [-0.05, 0) is 56.2 Å². The maximum Gasteiger partial charge on any atom is 0.290 e. The second-order valence-electron chi connectivity index (χ2n) is 7.25. The molecule has 3 aromatic rings. The fraction of sp³-hybridized carbons (Fsp3) is 0.292. The second kappa shape index (κ2) is 9.47. The van der Waals surface area contributed by atoms with E-state index in [1.54, 1.807) is 14.2 Å². The van der Waals surface area contributed by atoms with Crippen molar-refractivity contribution < 1.29 is 24.2 Å². The van der Waals surface area contributed by atoms with Gasteiger partial charge in [0.1, 0.15) is 11.5 Å². The van der Waals surface area contributed by atoms with Gasteiger partial charge in [0.2, 0.25) is 5.91 Å². The van der Waals surface area contributed by atoms with Gasteiger partial charge in [0.05, 0.1) is 25.4 Å². The molecule has 0 saturated carbocycles. The molecule has 1 aliphatic rings. The molecule has 0 spiro atoms. The first-order valence-corrected chi connectivity index (χ1v) is 9.96. The molecular weight excluding hydrogens is 396 g/mol. The second-order valence-corrected chi connectivity index (χ2v) is 7.25. The number of fused-ring (bicyclic) bond motifs is 1. The SMILES string of the molecule is COc1ccc(-c2cc(C)c3ccc(N4CCCC4=O)cc3n2)c(OC)c1C.O=CO. The minimum absolute atomic E-state index is 0.180. The number of amides is 1. The molecule has 1 amide bonds. The van der Waals surface area contributed by atoms with E-state index in [9.17, 15) is 4.79 Å². The molecule has 0 bridgehead atoms. The number of hydrogen-bond acceptors (Lipinski definition) is 5. The Labute approximate surface area is 181 Å². The maximum absolute atomic E-state index is 12.1. The average Bonchev–Trinajstić information content (AvgIpc) is 3.19. The lowest BCUT2D eigenvalue weighted by atomic mass is 10.0. The topological polar surface area (TPSA) is 89.0 Å². The number of ether oxygens (including phenoxy) is 2. The van der Waals surface area contributed by atoms with Crippen molar-refractivity contribution in [2.45, 2.75) is 26.7 Å². The third-order valence-electron chi connectivity index (χ3n) is 5.44. The van der Waals surface area contributed by atoms with Crippen LogP contribution in [0, 0.1) is 13.8 Å². The van der Waals surface area contributed by atoms with Crippen LogP contribution in [0.3, 0.4) is 0 Å². The third-order valence-corrected chi connectivity index (χ3v) is 5.44. The molecular formula is C24H26N2O5. The highest BCUT2D eigenvalue weighted by atomic mass is 16.5. The van der Waals surface area contributed by atoms with Gasteiger partial charge in [0, 0.05) is 35.2 Å². The number of methoxy groups -OCH3 is 2. The third kappa shape index (κ3) is 4.30. The number of aryl methyl sites for hydroxylation is 1. The van der Waals surface area contributed by atoms with Crippen molar-refractivity contribution in [2.24, 2.45) is 0 Å². The Bertz CT molecular complexity index is 1130. The largest absolute Gasteiger partial charge is 0.496 e. The fourth-order valence-corrected chi connectivity index (χ4v) is 3.98. The van der Waals surface area contributed by atoms with E-state index >= 15 is 0 Å². The molecule has 2 heterocycles. The molecule has 1 aliphatic heterocycles. The summed E-state index contributed by atoms with van der Waals surface area (Å²) >= 11 is 0. The number of aromatic nitrogens is 1. The smallest absolute Gasteiger partial charge is 0.290 e. The van der Waals surface area contributed by atoms with E-state index in [2.05, 4.69) is 19.1 Å². The molecule has 1 fully saturated rings. The maximum atomic E-state index is 12.1. The van der Waals surface area contributed by atoms with Crippen LogP contribution in [0.15, 0.2) is 36.4 Å². The van der Waals surface area contributed by atoms with Crippen molar-refractivity contribution in [3.8, 4) is 22.8 Å². The van der Waals surface area contributed by atoms with E-state index in [-0.39, 0.29) is 12.4 Å². The van der Waals surface area contributed by atoms with E-state index < -0.39 is 0 Å². The van der Waals surface area contributed by atoms with Gasteiger partial charge in [-0.25, -0.2) is 4.98 Å². The Morgan fingerprint density at radius 1 is 1.10 bits per heavy atom. The summed E-state index contributed by atoms with van der Waals surface area (Å²) in [5.41, 5.74) is 5.64. The quantitative estimate of drug-likeness (QED) is 0.629. The van der Waals surface area contributed by atoms with Crippen LogP contribution in [-0.2, 0) is 9.59 Å². The van der Waals surface area contributed by atoms with Gasteiger partial charge in [-0.3, -0.25) is 9.59 Å². The van der Waals surface area contributed by atoms with Crippen molar-refractivity contribution >= 4 is 29.0 Å². The Balaban J connectivity index is 0.000000858. The lowest BCUT2D eigenvalue weighted by Crippen LogP contribution is -2.23. The van der Waals surface area contributed by atoms with Gasteiger partial charge in [0.15, 0.2) is 0 Å². The van der Waals surface area contributed by atoms with Crippen LogP contribution in [0.25, 0.3) is 22.2 Å². The minimum Gasteiger partial charge on any atom is -0.496 e. The molecule has 7 heteroatoms. The molecule has 1 aromatic heterocycles. The highest BCUT2D eigenvalue weighted by molar-refractivity contribution is 5.98. The fourth-order valence-electron chi connectivity index (χ4n) is 3.98. The van der Waals surface area contributed by atoms with Crippen LogP contribution < -0.4 is 14.4 Å². The molecule has 162 valence electrons. The molecule has 0 unspecified atom stereocenters. The van der Waals surface area contributed by atoms with Gasteiger partial charge >= 0.3 is 0 Å². The molecule has 0 atom stereocenters. The highest BCUT2D eigenvalue weighted by Crippen LogP contribution is 2.38. The number of carbonyl (C=O) groups is 2. The van der Waals surface area contributed by atoms with Crippen molar-refractivity contribution in [1.29, 1.82) is 0 Å². The van der Waals surface area contributed by atoms with Crippen molar-refractivity contribution in [2.75, 3.05) is 25.7 Å². The van der Waals surface area contributed by atoms with Crippen LogP contribution in [0.4, 0.5) is 5.69 Å². The number of rotatable bonds is 4. The number of anilines is 1. The van der Waals surface area contributed by atoms with E-state index in [1.165, 1.54) is 0 Å². The number of nitrogens with zero attached hydrogens (tertiary/aromatic N) is 2. The van der Waals surface area contributed by atoms with Crippen LogP contribution in [0.2, 0.25) is 0 Å². The summed E-state index contributed by atoms with van der Waals surface area (Å²) in [7, 11) is 3.32. The Morgan fingerprint density at radius 2 is 1.84 bits per heavy atom. The molecule has 0 radical (unpaired) electrons. The molecule has 4 rings (SSSR count). The summed E-state index contributed by atoms with van der Waals surface area (Å²) in [6.45, 7) is 4.58. The molecule has 1 N–H and O–H groups in total. The summed E-state index contributed by atoms with van der Waals surface area (Å²) in [4.78, 5) is 27.2.